The number of nitrogens with one attached hydrogen (secondary N) is 2. The Morgan fingerprint density at radius 2 is 1.89 bits per heavy atom. The van der Waals surface area contributed by atoms with Crippen molar-refractivity contribution in [2.24, 2.45) is 0 Å². The maximum atomic E-state index is 14.9. The highest BCUT2D eigenvalue weighted by molar-refractivity contribution is 6.06. The van der Waals surface area contributed by atoms with E-state index in [1.54, 1.807) is 50.2 Å². The van der Waals surface area contributed by atoms with E-state index in [4.69, 9.17) is 4.74 Å². The second kappa shape index (κ2) is 12.3. The lowest BCUT2D eigenvalue weighted by Gasteiger charge is -2.38. The van der Waals surface area contributed by atoms with Gasteiger partial charge in [-0.1, -0.05) is 13.8 Å². The van der Waals surface area contributed by atoms with Gasteiger partial charge in [-0.05, 0) is 63.1 Å². The second-order valence-electron chi connectivity index (χ2n) is 13.2. The van der Waals surface area contributed by atoms with Gasteiger partial charge in [0.15, 0.2) is 5.67 Å². The van der Waals surface area contributed by atoms with Crippen molar-refractivity contribution >= 4 is 40.4 Å². The number of alkyl halides is 2. The number of ether oxygens (including phenoxy) is 1. The number of piperidine rings is 1. The molecule has 0 saturated carbocycles. The number of anilines is 3. The number of hydrogen-bond acceptors (Lipinski definition) is 10. The predicted octanol–water partition coefficient (Wildman–Crippen LogP) is 4.27. The average molecular weight is 627 g/mol. The highest BCUT2D eigenvalue weighted by Crippen LogP contribution is 2.31. The first-order valence-corrected chi connectivity index (χ1v) is 15.0. The number of carbonyl (C=O) groups is 2. The van der Waals surface area contributed by atoms with Gasteiger partial charge in [-0.15, -0.1) is 0 Å². The Morgan fingerprint density at radius 3 is 2.58 bits per heavy atom. The van der Waals surface area contributed by atoms with E-state index in [0.29, 0.717) is 29.5 Å². The average Bonchev–Trinajstić information content (AvgIpc) is 3.32. The first kappa shape index (κ1) is 32.2. The van der Waals surface area contributed by atoms with E-state index in [9.17, 15) is 23.5 Å². The molecular formula is C31H40F2N8O4. The molecule has 4 atom stereocenters. The Bertz CT molecular complexity index is 1580. The number of aliphatic hydroxyl groups is 1. The summed E-state index contributed by atoms with van der Waals surface area (Å²) < 4.78 is 35.0. The zero-order valence-electron chi connectivity index (χ0n) is 26.3. The lowest BCUT2D eigenvalue weighted by Crippen LogP contribution is -2.52. The second-order valence-corrected chi connectivity index (χ2v) is 13.2. The summed E-state index contributed by atoms with van der Waals surface area (Å²) in [5.41, 5.74) is -1.54. The Labute approximate surface area is 260 Å². The topological polar surface area (TPSA) is 146 Å². The molecule has 12 nitrogen and oxygen atoms in total. The molecule has 0 aliphatic carbocycles. The Balaban J connectivity index is 1.35. The summed E-state index contributed by atoms with van der Waals surface area (Å²) >= 11 is 0. The van der Waals surface area contributed by atoms with Crippen LogP contribution in [0.1, 0.15) is 69.9 Å². The maximum absolute atomic E-state index is 14.9. The third-order valence-corrected chi connectivity index (χ3v) is 7.91. The number of fused-ring (bicyclic) bond motifs is 1. The van der Waals surface area contributed by atoms with E-state index in [0.717, 1.165) is 10.9 Å². The number of rotatable bonds is 6. The molecule has 2 amide bonds. The fourth-order valence-electron chi connectivity index (χ4n) is 5.49. The number of hydrogen-bond donors (Lipinski definition) is 3. The zero-order chi connectivity index (χ0) is 32.7. The number of amides is 2. The molecule has 3 N–H and O–H groups in total. The van der Waals surface area contributed by atoms with Crippen LogP contribution in [0.25, 0.3) is 10.8 Å². The standard InChI is InChI=1S/C31H40F2N8O4/c1-17(2)19-12-36-26(27(43)37-22-15-41(14-21(22)32)29(44)45-30(3,4)5)20-13-35-25(11-18(19)20)38-24-7-9-34-28(39-24)40-10-8-23(42)31(6,33)16-40/h7,9,11-13,17,21-23,42H,8,10,14-16H2,1-6H3,(H,37,43)(H,34,35,38,39)/t21-,22+,23+,31-/m0/s1. The summed E-state index contributed by atoms with van der Waals surface area (Å²) in [6.45, 7) is 10.7. The summed E-state index contributed by atoms with van der Waals surface area (Å²) in [5, 5.41) is 17.1. The summed E-state index contributed by atoms with van der Waals surface area (Å²) in [5.74, 6) is 0.689. The molecule has 3 aromatic heterocycles. The molecule has 2 aliphatic heterocycles. The van der Waals surface area contributed by atoms with Gasteiger partial charge >= 0.3 is 6.09 Å². The fraction of sp³-hybridized carbons (Fsp3) is 0.548. The molecule has 5 heterocycles. The van der Waals surface area contributed by atoms with E-state index in [-0.39, 0.29) is 37.7 Å². The molecule has 0 bridgehead atoms. The molecule has 0 radical (unpaired) electrons. The van der Waals surface area contributed by atoms with Gasteiger partial charge in [-0.25, -0.2) is 23.5 Å². The molecule has 0 spiro atoms. The molecule has 3 aromatic rings. The van der Waals surface area contributed by atoms with Crippen LogP contribution in [0.15, 0.2) is 30.7 Å². The van der Waals surface area contributed by atoms with Crippen molar-refractivity contribution in [2.75, 3.05) is 36.4 Å². The van der Waals surface area contributed by atoms with Gasteiger partial charge in [0, 0.05) is 37.1 Å². The monoisotopic (exact) mass is 626 g/mol. The van der Waals surface area contributed by atoms with Crippen LogP contribution in [0, 0.1) is 0 Å². The molecule has 2 aliphatic rings. The molecule has 242 valence electrons. The van der Waals surface area contributed by atoms with Gasteiger partial charge in [0.25, 0.3) is 5.91 Å². The summed E-state index contributed by atoms with van der Waals surface area (Å²) in [7, 11) is 0. The molecule has 5 rings (SSSR count). The van der Waals surface area contributed by atoms with Crippen LogP contribution < -0.4 is 15.5 Å². The smallest absolute Gasteiger partial charge is 0.410 e. The van der Waals surface area contributed by atoms with Crippen molar-refractivity contribution in [1.82, 2.24) is 30.2 Å². The largest absolute Gasteiger partial charge is 0.444 e. The van der Waals surface area contributed by atoms with Gasteiger partial charge in [0.1, 0.15) is 29.1 Å². The van der Waals surface area contributed by atoms with Crippen LogP contribution >= 0.6 is 0 Å². The SMILES string of the molecule is CC(C)c1cnc(C(=O)N[C@@H]2CN(C(=O)OC(C)(C)C)C[C@@H]2F)c2cnc(Nc3ccnc(N4CC[C@@H](O)[C@@](C)(F)C4)n3)cc12. The van der Waals surface area contributed by atoms with Gasteiger partial charge in [0.05, 0.1) is 25.2 Å². The van der Waals surface area contributed by atoms with Crippen LogP contribution in [0.5, 0.6) is 0 Å². The summed E-state index contributed by atoms with van der Waals surface area (Å²) in [4.78, 5) is 46.5. The minimum atomic E-state index is -1.78. The summed E-state index contributed by atoms with van der Waals surface area (Å²) in [6.07, 6.45) is 1.83. The van der Waals surface area contributed by atoms with Crippen LogP contribution in [-0.4, -0.2) is 97.7 Å². The molecule has 45 heavy (non-hydrogen) atoms. The molecule has 2 fully saturated rings. The van der Waals surface area contributed by atoms with Crippen LogP contribution in [-0.2, 0) is 4.74 Å². The molecule has 2 saturated heterocycles. The quantitative estimate of drug-likeness (QED) is 0.363. The van der Waals surface area contributed by atoms with Crippen molar-refractivity contribution in [3.05, 3.63) is 42.0 Å². The van der Waals surface area contributed by atoms with E-state index >= 15 is 0 Å². The number of aliphatic hydroxyl groups excluding tert-OH is 1. The first-order chi connectivity index (χ1) is 21.1. The molecular weight excluding hydrogens is 586 g/mol. The normalized spacial score (nSPS) is 23.8. The van der Waals surface area contributed by atoms with Crippen LogP contribution in [0.4, 0.5) is 31.2 Å². The molecule has 0 unspecified atom stereocenters. The van der Waals surface area contributed by atoms with E-state index in [1.807, 2.05) is 13.8 Å². The lowest BCUT2D eigenvalue weighted by atomic mass is 9.94. The van der Waals surface area contributed by atoms with Crippen molar-refractivity contribution in [1.29, 1.82) is 0 Å². The van der Waals surface area contributed by atoms with Crippen LogP contribution in [0.2, 0.25) is 0 Å². The number of halogens is 2. The minimum absolute atomic E-state index is 0.0281. The fourth-order valence-corrected chi connectivity index (χ4v) is 5.49. The third-order valence-electron chi connectivity index (χ3n) is 7.91. The first-order valence-electron chi connectivity index (χ1n) is 15.0. The predicted molar refractivity (Wildman–Crippen MR) is 165 cm³/mol. The number of nitrogens with zero attached hydrogens (tertiary/aromatic N) is 6. The Morgan fingerprint density at radius 1 is 1.13 bits per heavy atom. The number of pyridine rings is 2. The van der Waals surface area contributed by atoms with Crippen LogP contribution in [0.3, 0.4) is 0 Å². The van der Waals surface area contributed by atoms with Crippen molar-refractivity contribution in [3.63, 3.8) is 0 Å². The number of likely N-dealkylation sites (tertiary alicyclic amines) is 1. The van der Waals surface area contributed by atoms with Gasteiger partial charge < -0.3 is 30.3 Å². The van der Waals surface area contributed by atoms with Crippen molar-refractivity contribution < 1.29 is 28.2 Å². The van der Waals surface area contributed by atoms with E-state index in [1.165, 1.54) is 18.0 Å². The number of carbonyl (C=O) groups excluding carboxylic acids is 2. The van der Waals surface area contributed by atoms with E-state index in [2.05, 4.69) is 30.6 Å². The third kappa shape index (κ3) is 7.21. The lowest BCUT2D eigenvalue weighted by molar-refractivity contribution is -0.00860. The Kier molecular flexibility index (Phi) is 8.80. The maximum Gasteiger partial charge on any atom is 0.410 e. The summed E-state index contributed by atoms with van der Waals surface area (Å²) in [6, 6.07) is 2.53. The molecule has 0 aromatic carbocycles. The highest BCUT2D eigenvalue weighted by atomic mass is 19.1. The van der Waals surface area contributed by atoms with Gasteiger partial charge in [-0.3, -0.25) is 9.78 Å². The highest BCUT2D eigenvalue weighted by Gasteiger charge is 2.40. The van der Waals surface area contributed by atoms with Crippen molar-refractivity contribution in [2.45, 2.75) is 83.5 Å². The molecule has 14 heteroatoms. The van der Waals surface area contributed by atoms with E-state index < -0.39 is 41.6 Å². The Hall–Kier alpha value is -4.20. The van der Waals surface area contributed by atoms with Crippen molar-refractivity contribution in [3.8, 4) is 0 Å². The van der Waals surface area contributed by atoms with Gasteiger partial charge in [0.2, 0.25) is 5.95 Å². The number of aromatic nitrogens is 4. The minimum Gasteiger partial charge on any atom is -0.444 e. The zero-order valence-corrected chi connectivity index (χ0v) is 26.3. The van der Waals surface area contributed by atoms with Gasteiger partial charge in [-0.2, -0.15) is 4.98 Å².